The molecule has 3 aromatic rings. The largest absolute Gasteiger partial charge is 0.477 e. The first-order chi connectivity index (χ1) is 15.4. The molecule has 2 atom stereocenters. The van der Waals surface area contributed by atoms with Crippen LogP contribution >= 0.6 is 0 Å². The summed E-state index contributed by atoms with van der Waals surface area (Å²) in [6.45, 7) is 1.16. The van der Waals surface area contributed by atoms with Gasteiger partial charge in [-0.1, -0.05) is 30.3 Å². The Kier molecular flexibility index (Phi) is 4.97. The Morgan fingerprint density at radius 1 is 1.16 bits per heavy atom. The van der Waals surface area contributed by atoms with Gasteiger partial charge in [0.15, 0.2) is 5.82 Å². The molecule has 2 fully saturated rings. The standard InChI is InChI=1S/C24H23F2N3O3/c25-19-8-16-21(29(15-6-7-15)12-18(23(16)30)24(31)32)20(26)22(19)28-10-14(9-27)17(11-28)13-4-2-1-3-5-13/h1-5,8,12,14-15,17H,6-7,9-11,27H2,(H,31,32)/t14-,17+/m0/s1. The van der Waals surface area contributed by atoms with Crippen molar-refractivity contribution in [3.63, 3.8) is 0 Å². The van der Waals surface area contributed by atoms with Gasteiger partial charge in [-0.15, -0.1) is 0 Å². The molecular formula is C24H23F2N3O3. The third-order valence-electron chi connectivity index (χ3n) is 6.64. The summed E-state index contributed by atoms with van der Waals surface area (Å²) >= 11 is 0. The van der Waals surface area contributed by atoms with E-state index in [0.29, 0.717) is 19.6 Å². The van der Waals surface area contributed by atoms with Gasteiger partial charge >= 0.3 is 5.97 Å². The molecule has 8 heteroatoms. The number of nitrogens with two attached hydrogens (primary N) is 1. The van der Waals surface area contributed by atoms with Crippen LogP contribution in [0.4, 0.5) is 14.5 Å². The van der Waals surface area contributed by atoms with Crippen LogP contribution in [0, 0.1) is 17.6 Å². The van der Waals surface area contributed by atoms with E-state index in [1.165, 1.54) is 10.8 Å². The summed E-state index contributed by atoms with van der Waals surface area (Å²) in [5.74, 6) is -3.07. The molecule has 3 N–H and O–H groups in total. The maximum atomic E-state index is 15.9. The Morgan fingerprint density at radius 3 is 2.50 bits per heavy atom. The maximum absolute atomic E-state index is 15.9. The summed E-state index contributed by atoms with van der Waals surface area (Å²) in [7, 11) is 0. The Balaban J connectivity index is 1.66. The lowest BCUT2D eigenvalue weighted by Crippen LogP contribution is -2.26. The predicted molar refractivity (Wildman–Crippen MR) is 117 cm³/mol. The zero-order valence-electron chi connectivity index (χ0n) is 17.3. The highest BCUT2D eigenvalue weighted by atomic mass is 19.1. The molecule has 0 unspecified atom stereocenters. The van der Waals surface area contributed by atoms with Gasteiger partial charge in [0.1, 0.15) is 17.1 Å². The van der Waals surface area contributed by atoms with Crippen molar-refractivity contribution in [3.05, 3.63) is 75.6 Å². The van der Waals surface area contributed by atoms with Gasteiger partial charge in [0.05, 0.1) is 10.9 Å². The number of carboxylic acid groups (broad SMARTS) is 1. The van der Waals surface area contributed by atoms with Gasteiger partial charge in [-0.2, -0.15) is 0 Å². The number of carbonyl (C=O) groups is 1. The van der Waals surface area contributed by atoms with Crippen LogP contribution in [0.3, 0.4) is 0 Å². The predicted octanol–water partition coefficient (Wildman–Crippen LogP) is 3.49. The summed E-state index contributed by atoms with van der Waals surface area (Å²) in [4.78, 5) is 25.9. The second-order valence-corrected chi connectivity index (χ2v) is 8.65. The molecule has 5 rings (SSSR count). The van der Waals surface area contributed by atoms with E-state index in [0.717, 1.165) is 24.5 Å². The monoisotopic (exact) mass is 439 g/mol. The lowest BCUT2D eigenvalue weighted by Gasteiger charge is -2.22. The Morgan fingerprint density at radius 2 is 1.88 bits per heavy atom. The van der Waals surface area contributed by atoms with E-state index in [2.05, 4.69) is 0 Å². The first kappa shape index (κ1) is 20.6. The fraction of sp³-hybridized carbons (Fsp3) is 0.333. The van der Waals surface area contributed by atoms with E-state index in [1.807, 2.05) is 30.3 Å². The smallest absolute Gasteiger partial charge is 0.341 e. The highest BCUT2D eigenvalue weighted by Gasteiger charge is 2.37. The summed E-state index contributed by atoms with van der Waals surface area (Å²) in [5, 5.41) is 9.14. The maximum Gasteiger partial charge on any atom is 0.341 e. The lowest BCUT2D eigenvalue weighted by molar-refractivity contribution is 0.0694. The summed E-state index contributed by atoms with van der Waals surface area (Å²) in [5.41, 5.74) is 5.47. The molecule has 1 aliphatic heterocycles. The van der Waals surface area contributed by atoms with Crippen LogP contribution in [-0.4, -0.2) is 35.3 Å². The minimum Gasteiger partial charge on any atom is -0.477 e. The molecule has 6 nitrogen and oxygen atoms in total. The third-order valence-corrected chi connectivity index (χ3v) is 6.64. The average molecular weight is 439 g/mol. The molecule has 2 aliphatic rings. The number of rotatable bonds is 5. The first-order valence-corrected chi connectivity index (χ1v) is 10.7. The van der Waals surface area contributed by atoms with Crippen LogP contribution < -0.4 is 16.1 Å². The van der Waals surface area contributed by atoms with Crippen molar-refractivity contribution >= 4 is 22.6 Å². The molecule has 0 amide bonds. The van der Waals surface area contributed by atoms with Gasteiger partial charge in [0.2, 0.25) is 5.43 Å². The zero-order chi connectivity index (χ0) is 22.6. The van der Waals surface area contributed by atoms with Crippen molar-refractivity contribution in [2.24, 2.45) is 11.7 Å². The van der Waals surface area contributed by atoms with E-state index in [4.69, 9.17) is 5.73 Å². The normalized spacial score (nSPS) is 20.8. The number of carboxylic acids is 1. The van der Waals surface area contributed by atoms with Gasteiger partial charge < -0.3 is 20.3 Å². The second-order valence-electron chi connectivity index (χ2n) is 8.65. The number of aromatic nitrogens is 1. The van der Waals surface area contributed by atoms with Gasteiger partial charge in [-0.05, 0) is 36.9 Å². The minimum atomic E-state index is -1.41. The number of pyridine rings is 1. The van der Waals surface area contributed by atoms with Crippen LogP contribution in [0.2, 0.25) is 0 Å². The van der Waals surface area contributed by atoms with Crippen LogP contribution in [-0.2, 0) is 0 Å². The van der Waals surface area contributed by atoms with Crippen molar-refractivity contribution in [2.75, 3.05) is 24.5 Å². The number of hydrogen-bond donors (Lipinski definition) is 2. The summed E-state index contributed by atoms with van der Waals surface area (Å²) < 4.78 is 32.6. The topological polar surface area (TPSA) is 88.6 Å². The van der Waals surface area contributed by atoms with Gasteiger partial charge in [-0.3, -0.25) is 4.79 Å². The van der Waals surface area contributed by atoms with Crippen molar-refractivity contribution in [3.8, 4) is 0 Å². The molecule has 32 heavy (non-hydrogen) atoms. The SMILES string of the molecule is NC[C@H]1CN(c2c(F)cc3c(=O)c(C(=O)O)cn(C4CC4)c3c2F)C[C@@H]1c1ccccc1. The third kappa shape index (κ3) is 3.26. The van der Waals surface area contributed by atoms with Crippen molar-refractivity contribution in [1.82, 2.24) is 4.57 Å². The lowest BCUT2D eigenvalue weighted by atomic mass is 9.89. The Bertz CT molecular complexity index is 1270. The van der Waals surface area contributed by atoms with Gasteiger partial charge in [0.25, 0.3) is 0 Å². The first-order valence-electron chi connectivity index (χ1n) is 10.7. The minimum absolute atomic E-state index is 0.0203. The fourth-order valence-corrected chi connectivity index (χ4v) is 4.88. The van der Waals surface area contributed by atoms with E-state index in [-0.39, 0.29) is 34.5 Å². The second kappa shape index (κ2) is 7.70. The molecule has 0 bridgehead atoms. The number of nitrogens with zero attached hydrogens (tertiary/aromatic N) is 2. The van der Waals surface area contributed by atoms with Crippen LogP contribution in [0.15, 0.2) is 47.4 Å². The quantitative estimate of drug-likeness (QED) is 0.635. The van der Waals surface area contributed by atoms with Crippen molar-refractivity contribution in [2.45, 2.75) is 24.8 Å². The number of hydrogen-bond acceptors (Lipinski definition) is 4. The molecule has 1 aliphatic carbocycles. The zero-order valence-corrected chi connectivity index (χ0v) is 17.3. The number of benzene rings is 2. The fourth-order valence-electron chi connectivity index (χ4n) is 4.88. The highest BCUT2D eigenvalue weighted by Crippen LogP contribution is 2.42. The number of halogens is 2. The summed E-state index contributed by atoms with van der Waals surface area (Å²) in [6.07, 6.45) is 2.69. The van der Waals surface area contributed by atoms with Crippen LogP contribution in [0.5, 0.6) is 0 Å². The molecule has 1 saturated heterocycles. The molecule has 0 radical (unpaired) electrons. The molecule has 2 heterocycles. The van der Waals surface area contributed by atoms with Crippen LogP contribution in [0.25, 0.3) is 10.9 Å². The molecule has 1 aromatic heterocycles. The van der Waals surface area contributed by atoms with E-state index in [9.17, 15) is 14.7 Å². The molecule has 2 aromatic carbocycles. The van der Waals surface area contributed by atoms with E-state index >= 15 is 8.78 Å². The van der Waals surface area contributed by atoms with Crippen molar-refractivity contribution in [1.29, 1.82) is 0 Å². The van der Waals surface area contributed by atoms with E-state index < -0.39 is 28.6 Å². The number of fused-ring (bicyclic) bond motifs is 1. The molecule has 0 spiro atoms. The molecule has 1 saturated carbocycles. The van der Waals surface area contributed by atoms with Gasteiger partial charge in [-0.25, -0.2) is 13.6 Å². The molecular weight excluding hydrogens is 416 g/mol. The number of anilines is 1. The Hall–Kier alpha value is -3.26. The Labute approximate surface area is 182 Å². The van der Waals surface area contributed by atoms with E-state index in [1.54, 1.807) is 4.90 Å². The highest BCUT2D eigenvalue weighted by molar-refractivity contribution is 5.94. The average Bonchev–Trinajstić information content (AvgIpc) is 3.54. The summed E-state index contributed by atoms with van der Waals surface area (Å²) in [6, 6.07) is 10.6. The van der Waals surface area contributed by atoms with Gasteiger partial charge in [0, 0.05) is 31.2 Å². The number of aromatic carboxylic acids is 1. The van der Waals surface area contributed by atoms with Crippen LogP contribution in [0.1, 0.15) is 40.7 Å². The molecule has 166 valence electrons. The van der Waals surface area contributed by atoms with Crippen molar-refractivity contribution < 1.29 is 18.7 Å².